The van der Waals surface area contributed by atoms with E-state index in [0.29, 0.717) is 25.3 Å². The second kappa shape index (κ2) is 7.63. The fraction of sp³-hybridized carbons (Fsp3) is 0.364. The van der Waals surface area contributed by atoms with Crippen LogP contribution in [0.5, 0.6) is 5.75 Å². The summed E-state index contributed by atoms with van der Waals surface area (Å²) in [6.45, 7) is 6.16. The van der Waals surface area contributed by atoms with E-state index in [0.717, 1.165) is 46.6 Å². The third-order valence-electron chi connectivity index (χ3n) is 5.39. The molecule has 2 aromatic carbocycles. The fourth-order valence-electron chi connectivity index (χ4n) is 4.02. The Kier molecular flexibility index (Phi) is 5.17. The lowest BCUT2D eigenvalue weighted by Crippen LogP contribution is -2.24. The van der Waals surface area contributed by atoms with Crippen molar-refractivity contribution < 1.29 is 13.2 Å². The number of hydrogen-bond donors (Lipinski definition) is 1. The van der Waals surface area contributed by atoms with Crippen molar-refractivity contribution in [2.45, 2.75) is 33.2 Å². The van der Waals surface area contributed by atoms with E-state index in [4.69, 9.17) is 10.5 Å². The van der Waals surface area contributed by atoms with Gasteiger partial charge in [-0.25, -0.2) is 8.42 Å². The minimum atomic E-state index is -3.18. The molecule has 1 saturated heterocycles. The van der Waals surface area contributed by atoms with E-state index in [1.54, 1.807) is 0 Å². The molecule has 7 heteroatoms. The molecule has 0 bridgehead atoms. The van der Waals surface area contributed by atoms with Gasteiger partial charge in [-0.3, -0.25) is 4.31 Å². The van der Waals surface area contributed by atoms with Gasteiger partial charge in [-0.2, -0.15) is 0 Å². The standard InChI is InChI=1S/C22H27N3O3S/c1-3-13-28-18-10-11-19-20(15-18)24(4-2)22(21(19)23)16-6-8-17(9-7-16)25-12-5-14-29(25,26)27/h6-11,15H,3-5,12-14,23H2,1-2H3. The SMILES string of the molecule is CCCOc1ccc2c(N)c(-c3ccc(N4CCCS4(=O)=O)cc3)n(CC)c2c1. The second-order valence-electron chi connectivity index (χ2n) is 7.32. The first-order chi connectivity index (χ1) is 14.0. The van der Waals surface area contributed by atoms with Crippen LogP contribution in [0.2, 0.25) is 0 Å². The van der Waals surface area contributed by atoms with Crippen molar-refractivity contribution in [2.24, 2.45) is 0 Å². The summed E-state index contributed by atoms with van der Waals surface area (Å²) in [5, 5.41) is 0.997. The maximum absolute atomic E-state index is 12.2. The lowest BCUT2D eigenvalue weighted by Gasteiger charge is -2.17. The van der Waals surface area contributed by atoms with Gasteiger partial charge in [0.25, 0.3) is 0 Å². The number of aryl methyl sites for hydroxylation is 1. The molecule has 2 N–H and O–H groups in total. The van der Waals surface area contributed by atoms with Crippen LogP contribution in [0.25, 0.3) is 22.2 Å². The number of sulfonamides is 1. The Morgan fingerprint density at radius 3 is 2.48 bits per heavy atom. The van der Waals surface area contributed by atoms with Crippen molar-refractivity contribution >= 4 is 32.3 Å². The van der Waals surface area contributed by atoms with Gasteiger partial charge in [0.2, 0.25) is 10.0 Å². The average molecular weight is 414 g/mol. The molecular weight excluding hydrogens is 386 g/mol. The third-order valence-corrected chi connectivity index (χ3v) is 7.26. The van der Waals surface area contributed by atoms with E-state index < -0.39 is 10.0 Å². The maximum Gasteiger partial charge on any atom is 0.235 e. The van der Waals surface area contributed by atoms with Crippen LogP contribution in [0.3, 0.4) is 0 Å². The van der Waals surface area contributed by atoms with Gasteiger partial charge < -0.3 is 15.0 Å². The van der Waals surface area contributed by atoms with Gasteiger partial charge in [0.1, 0.15) is 5.75 Å². The number of rotatable bonds is 6. The van der Waals surface area contributed by atoms with Crippen LogP contribution in [-0.2, 0) is 16.6 Å². The predicted molar refractivity (Wildman–Crippen MR) is 119 cm³/mol. The first kappa shape index (κ1) is 19.6. The molecular formula is C22H27N3O3S. The Morgan fingerprint density at radius 2 is 1.86 bits per heavy atom. The second-order valence-corrected chi connectivity index (χ2v) is 9.34. The number of aromatic nitrogens is 1. The van der Waals surface area contributed by atoms with Gasteiger partial charge in [-0.05, 0) is 44.0 Å². The highest BCUT2D eigenvalue weighted by atomic mass is 32.2. The molecule has 0 aliphatic carbocycles. The summed E-state index contributed by atoms with van der Waals surface area (Å²) in [7, 11) is -3.18. The zero-order valence-corrected chi connectivity index (χ0v) is 17.7. The van der Waals surface area contributed by atoms with Crippen LogP contribution >= 0.6 is 0 Å². The summed E-state index contributed by atoms with van der Waals surface area (Å²) in [5.41, 5.74) is 10.9. The molecule has 154 valence electrons. The predicted octanol–water partition coefficient (Wildman–Crippen LogP) is 4.24. The Labute approximate surface area is 171 Å². The number of nitrogen functional groups attached to an aromatic ring is 1. The van der Waals surface area contributed by atoms with Gasteiger partial charge in [-0.15, -0.1) is 0 Å². The summed E-state index contributed by atoms with van der Waals surface area (Å²) in [4.78, 5) is 0. The van der Waals surface area contributed by atoms with Crippen LogP contribution in [0, 0.1) is 0 Å². The van der Waals surface area contributed by atoms with Crippen molar-refractivity contribution in [3.8, 4) is 17.0 Å². The van der Waals surface area contributed by atoms with E-state index >= 15 is 0 Å². The van der Waals surface area contributed by atoms with Crippen LogP contribution in [0.4, 0.5) is 11.4 Å². The largest absolute Gasteiger partial charge is 0.494 e. The summed E-state index contributed by atoms with van der Waals surface area (Å²) in [6, 6.07) is 13.6. The van der Waals surface area contributed by atoms with E-state index in [-0.39, 0.29) is 5.75 Å². The third kappa shape index (κ3) is 3.44. The first-order valence-electron chi connectivity index (χ1n) is 10.1. The Balaban J connectivity index is 1.76. The normalized spacial score (nSPS) is 15.9. The molecule has 29 heavy (non-hydrogen) atoms. The number of ether oxygens (including phenoxy) is 1. The molecule has 1 aromatic heterocycles. The molecule has 0 spiro atoms. The quantitative estimate of drug-likeness (QED) is 0.656. The molecule has 1 aliphatic rings. The molecule has 2 heterocycles. The number of benzene rings is 2. The molecule has 1 aliphatic heterocycles. The molecule has 4 rings (SSSR count). The number of nitrogens with two attached hydrogens (primary N) is 1. The number of hydrogen-bond acceptors (Lipinski definition) is 4. The smallest absolute Gasteiger partial charge is 0.235 e. The Bertz CT molecular complexity index is 1130. The molecule has 0 radical (unpaired) electrons. The zero-order chi connectivity index (χ0) is 20.6. The summed E-state index contributed by atoms with van der Waals surface area (Å²) in [5.74, 6) is 1.06. The van der Waals surface area contributed by atoms with Crippen LogP contribution in [-0.4, -0.2) is 31.9 Å². The van der Waals surface area contributed by atoms with Gasteiger partial charge in [0, 0.05) is 30.1 Å². The van der Waals surface area contributed by atoms with Gasteiger partial charge in [-0.1, -0.05) is 19.1 Å². The molecule has 3 aromatic rings. The van der Waals surface area contributed by atoms with Gasteiger partial charge in [0.05, 0.1) is 34.9 Å². The van der Waals surface area contributed by atoms with Crippen molar-refractivity contribution in [1.82, 2.24) is 4.57 Å². The topological polar surface area (TPSA) is 77.6 Å². The van der Waals surface area contributed by atoms with Crippen molar-refractivity contribution in [3.63, 3.8) is 0 Å². The average Bonchev–Trinajstić information content (AvgIpc) is 3.22. The highest BCUT2D eigenvalue weighted by Gasteiger charge is 2.28. The lowest BCUT2D eigenvalue weighted by molar-refractivity contribution is 0.318. The van der Waals surface area contributed by atoms with Crippen LogP contribution in [0.15, 0.2) is 42.5 Å². The van der Waals surface area contributed by atoms with Gasteiger partial charge >= 0.3 is 0 Å². The van der Waals surface area contributed by atoms with Crippen molar-refractivity contribution in [3.05, 3.63) is 42.5 Å². The summed E-state index contributed by atoms with van der Waals surface area (Å²) in [6.07, 6.45) is 1.63. The van der Waals surface area contributed by atoms with Gasteiger partial charge in [0.15, 0.2) is 0 Å². The molecule has 0 unspecified atom stereocenters. The maximum atomic E-state index is 12.2. The highest BCUT2D eigenvalue weighted by Crippen LogP contribution is 2.38. The van der Waals surface area contributed by atoms with E-state index in [9.17, 15) is 8.42 Å². The fourth-order valence-corrected chi connectivity index (χ4v) is 5.59. The summed E-state index contributed by atoms with van der Waals surface area (Å²) >= 11 is 0. The van der Waals surface area contributed by atoms with Crippen molar-refractivity contribution in [1.29, 1.82) is 0 Å². The number of nitrogens with zero attached hydrogens (tertiary/aromatic N) is 2. The van der Waals surface area contributed by atoms with E-state index in [1.807, 2.05) is 42.5 Å². The molecule has 0 saturated carbocycles. The van der Waals surface area contributed by atoms with Crippen LogP contribution < -0.4 is 14.8 Å². The highest BCUT2D eigenvalue weighted by molar-refractivity contribution is 7.93. The Hall–Kier alpha value is -2.67. The minimum absolute atomic E-state index is 0.216. The minimum Gasteiger partial charge on any atom is -0.494 e. The van der Waals surface area contributed by atoms with E-state index in [2.05, 4.69) is 18.4 Å². The number of anilines is 2. The zero-order valence-electron chi connectivity index (χ0n) is 16.9. The monoisotopic (exact) mass is 413 g/mol. The molecule has 0 amide bonds. The van der Waals surface area contributed by atoms with Crippen LogP contribution in [0.1, 0.15) is 26.7 Å². The molecule has 0 atom stereocenters. The number of fused-ring (bicyclic) bond motifs is 1. The molecule has 1 fully saturated rings. The van der Waals surface area contributed by atoms with Crippen molar-refractivity contribution in [2.75, 3.05) is 28.9 Å². The summed E-state index contributed by atoms with van der Waals surface area (Å²) < 4.78 is 33.8. The Morgan fingerprint density at radius 1 is 1.10 bits per heavy atom. The lowest BCUT2D eigenvalue weighted by atomic mass is 10.1. The van der Waals surface area contributed by atoms with E-state index in [1.165, 1.54) is 4.31 Å². The first-order valence-corrected chi connectivity index (χ1v) is 11.7. The molecule has 6 nitrogen and oxygen atoms in total.